The molecule has 2 N–H and O–H groups in total. The lowest BCUT2D eigenvalue weighted by Crippen LogP contribution is -2.37. The van der Waals surface area contributed by atoms with Crippen LogP contribution in [0.1, 0.15) is 42.0 Å². The highest BCUT2D eigenvalue weighted by atomic mass is 19.4. The molecule has 14 heteroatoms. The zero-order chi connectivity index (χ0) is 29.9. The number of carboxylic acids is 1. The summed E-state index contributed by atoms with van der Waals surface area (Å²) in [5, 5.41) is 11.3. The van der Waals surface area contributed by atoms with Crippen molar-refractivity contribution in [1.82, 2.24) is 9.88 Å². The predicted octanol–water partition coefficient (Wildman–Crippen LogP) is 5.90. The predicted molar refractivity (Wildman–Crippen MR) is 129 cm³/mol. The van der Waals surface area contributed by atoms with Crippen molar-refractivity contribution in [2.75, 3.05) is 11.9 Å². The number of anilines is 1. The number of amides is 1. The molecule has 0 unspecified atom stereocenters. The van der Waals surface area contributed by atoms with Crippen LogP contribution >= 0.6 is 0 Å². The number of nitrogens with zero attached hydrogens (tertiary/aromatic N) is 2. The molecule has 1 heterocycles. The van der Waals surface area contributed by atoms with E-state index in [4.69, 9.17) is 9.15 Å². The molecule has 0 aliphatic rings. The van der Waals surface area contributed by atoms with Crippen LogP contribution in [0.4, 0.5) is 32.0 Å². The zero-order valence-electron chi connectivity index (χ0n) is 21.5. The van der Waals surface area contributed by atoms with Crippen LogP contribution in [0.2, 0.25) is 0 Å². The molecule has 0 saturated heterocycles. The number of rotatable bonds is 10. The molecule has 1 amide bonds. The van der Waals surface area contributed by atoms with Crippen molar-refractivity contribution < 1.29 is 50.2 Å². The van der Waals surface area contributed by atoms with Crippen molar-refractivity contribution in [2.24, 2.45) is 0 Å². The van der Waals surface area contributed by atoms with E-state index in [1.54, 1.807) is 19.1 Å². The number of carbonyl (C=O) groups is 2. The van der Waals surface area contributed by atoms with Crippen molar-refractivity contribution >= 4 is 17.6 Å². The van der Waals surface area contributed by atoms with Crippen LogP contribution in [0.3, 0.4) is 0 Å². The fourth-order valence-electron chi connectivity index (χ4n) is 3.57. The minimum absolute atomic E-state index is 0.0304. The van der Waals surface area contributed by atoms with Crippen LogP contribution in [0.5, 0.6) is 5.75 Å². The largest absolute Gasteiger partial charge is 0.478 e. The van der Waals surface area contributed by atoms with Gasteiger partial charge in [-0.3, -0.25) is 9.69 Å². The number of ether oxygens (including phenoxy) is 1. The first-order chi connectivity index (χ1) is 18.5. The van der Waals surface area contributed by atoms with Gasteiger partial charge in [0.2, 0.25) is 5.91 Å². The van der Waals surface area contributed by atoms with E-state index >= 15 is 0 Å². The first kappa shape index (κ1) is 30.5. The smallest absolute Gasteiger partial charge is 0.418 e. The molecular formula is C26H25F6N3O5. The number of nitrogens with one attached hydrogen (secondary N) is 1. The Balaban J connectivity index is 1.80. The minimum Gasteiger partial charge on any atom is -0.478 e. The Labute approximate surface area is 224 Å². The summed E-state index contributed by atoms with van der Waals surface area (Å²) >= 11 is 0. The van der Waals surface area contributed by atoms with Crippen molar-refractivity contribution in [1.29, 1.82) is 0 Å². The molecule has 0 saturated carbocycles. The van der Waals surface area contributed by atoms with Gasteiger partial charge in [0, 0.05) is 6.54 Å². The lowest BCUT2D eigenvalue weighted by molar-refractivity contribution is -0.152. The van der Waals surface area contributed by atoms with Crippen molar-refractivity contribution in [3.05, 3.63) is 77.0 Å². The average Bonchev–Trinajstić information content (AvgIpc) is 3.23. The second kappa shape index (κ2) is 11.6. The van der Waals surface area contributed by atoms with Crippen molar-refractivity contribution in [3.8, 4) is 5.75 Å². The van der Waals surface area contributed by atoms with Gasteiger partial charge in [0.05, 0.1) is 35.6 Å². The summed E-state index contributed by atoms with van der Waals surface area (Å²) in [5.74, 6) is -1.42. The first-order valence-electron chi connectivity index (χ1n) is 11.7. The molecule has 3 rings (SSSR count). The SMILES string of the molecule is Cc1ncoc1CN(CC(=O)Nc1ccc(C(F)(F)F)cc1C(F)(F)F)Cc1ccc(OC(C)(C)C(=O)O)cc1. The molecule has 2 aromatic carbocycles. The molecular weight excluding hydrogens is 548 g/mol. The molecule has 0 aliphatic heterocycles. The molecule has 0 fully saturated rings. The van der Waals surface area contributed by atoms with Gasteiger partial charge in [0.1, 0.15) is 11.5 Å². The average molecular weight is 573 g/mol. The number of carboxylic acid groups (broad SMARTS) is 1. The number of oxazole rings is 1. The van der Waals surface area contributed by atoms with Crippen LogP contribution in [0, 0.1) is 6.92 Å². The van der Waals surface area contributed by atoms with E-state index in [1.165, 1.54) is 37.3 Å². The highest BCUT2D eigenvalue weighted by Crippen LogP contribution is 2.39. The lowest BCUT2D eigenvalue weighted by atomic mass is 10.1. The van der Waals surface area contributed by atoms with Gasteiger partial charge in [0.25, 0.3) is 0 Å². The number of alkyl halides is 6. The van der Waals surface area contributed by atoms with E-state index in [1.807, 2.05) is 0 Å². The number of aromatic nitrogens is 1. The van der Waals surface area contributed by atoms with Crippen molar-refractivity contribution in [3.63, 3.8) is 0 Å². The number of aryl methyl sites for hydroxylation is 1. The Morgan fingerprint density at radius 2 is 1.65 bits per heavy atom. The number of halogens is 6. The fourth-order valence-corrected chi connectivity index (χ4v) is 3.57. The first-order valence-corrected chi connectivity index (χ1v) is 11.7. The lowest BCUT2D eigenvalue weighted by Gasteiger charge is -2.23. The van der Waals surface area contributed by atoms with Crippen LogP contribution in [-0.4, -0.2) is 39.0 Å². The Morgan fingerprint density at radius 3 is 2.17 bits per heavy atom. The van der Waals surface area contributed by atoms with E-state index in [0.29, 0.717) is 29.2 Å². The van der Waals surface area contributed by atoms with Gasteiger partial charge in [-0.2, -0.15) is 26.3 Å². The second-order valence-corrected chi connectivity index (χ2v) is 9.37. The number of carbonyl (C=O) groups excluding carboxylic acids is 1. The van der Waals surface area contributed by atoms with E-state index in [9.17, 15) is 41.0 Å². The summed E-state index contributed by atoms with van der Waals surface area (Å²) in [5.41, 5.74) is -4.28. The third kappa shape index (κ3) is 7.97. The van der Waals surface area contributed by atoms with Crippen LogP contribution in [0.15, 0.2) is 53.3 Å². The minimum atomic E-state index is -5.15. The Morgan fingerprint density at radius 1 is 1.00 bits per heavy atom. The number of hydrogen-bond donors (Lipinski definition) is 2. The van der Waals surface area contributed by atoms with Gasteiger partial charge < -0.3 is 19.6 Å². The van der Waals surface area contributed by atoms with E-state index in [0.717, 1.165) is 0 Å². The standard InChI is InChI=1S/C26H25F6N3O5/c1-15-21(39-14-33-15)12-35(11-16-4-7-18(8-5-16)40-24(2,3)23(37)38)13-22(36)34-20-9-6-17(25(27,28)29)10-19(20)26(30,31)32/h4-10,14H,11-13H2,1-3H3,(H,34,36)(H,37,38). The Hall–Kier alpha value is -4.07. The number of aliphatic carboxylic acids is 1. The molecule has 0 aliphatic carbocycles. The van der Waals surface area contributed by atoms with Gasteiger partial charge in [0.15, 0.2) is 12.0 Å². The summed E-state index contributed by atoms with van der Waals surface area (Å²) in [6.07, 6.45) is -8.96. The van der Waals surface area contributed by atoms with Gasteiger partial charge in [-0.1, -0.05) is 12.1 Å². The summed E-state index contributed by atoms with van der Waals surface area (Å²) in [4.78, 5) is 29.6. The van der Waals surface area contributed by atoms with E-state index in [-0.39, 0.29) is 24.9 Å². The molecule has 8 nitrogen and oxygen atoms in total. The maximum atomic E-state index is 13.5. The monoisotopic (exact) mass is 573 g/mol. The van der Waals surface area contributed by atoms with Crippen molar-refractivity contribution in [2.45, 2.75) is 51.8 Å². The molecule has 3 aromatic rings. The fraction of sp³-hybridized carbons (Fsp3) is 0.346. The third-order valence-electron chi connectivity index (χ3n) is 5.72. The molecule has 40 heavy (non-hydrogen) atoms. The van der Waals surface area contributed by atoms with Crippen LogP contribution in [0.25, 0.3) is 0 Å². The van der Waals surface area contributed by atoms with Crippen LogP contribution < -0.4 is 10.1 Å². The molecule has 0 spiro atoms. The second-order valence-electron chi connectivity index (χ2n) is 9.37. The highest BCUT2D eigenvalue weighted by Gasteiger charge is 2.38. The van der Waals surface area contributed by atoms with E-state index in [2.05, 4.69) is 10.3 Å². The van der Waals surface area contributed by atoms with Gasteiger partial charge in [-0.25, -0.2) is 9.78 Å². The molecule has 216 valence electrons. The van der Waals surface area contributed by atoms with Gasteiger partial charge in [-0.05, 0) is 56.7 Å². The maximum Gasteiger partial charge on any atom is 0.418 e. The quantitative estimate of drug-likeness (QED) is 0.291. The molecule has 0 atom stereocenters. The van der Waals surface area contributed by atoms with Gasteiger partial charge >= 0.3 is 18.3 Å². The summed E-state index contributed by atoms with van der Waals surface area (Å²) in [6, 6.07) is 7.24. The maximum absolute atomic E-state index is 13.5. The van der Waals surface area contributed by atoms with Crippen LogP contribution in [-0.2, 0) is 35.0 Å². The Kier molecular flexibility index (Phi) is 8.82. The normalized spacial score (nSPS) is 12.4. The molecule has 0 radical (unpaired) electrons. The number of hydrogen-bond acceptors (Lipinski definition) is 6. The topological polar surface area (TPSA) is 105 Å². The Bertz CT molecular complexity index is 1350. The highest BCUT2D eigenvalue weighted by molar-refractivity contribution is 5.93. The van der Waals surface area contributed by atoms with Gasteiger partial charge in [-0.15, -0.1) is 0 Å². The molecule has 0 bridgehead atoms. The summed E-state index contributed by atoms with van der Waals surface area (Å²) < 4.78 is 90.2. The molecule has 1 aromatic heterocycles. The number of benzene rings is 2. The zero-order valence-corrected chi connectivity index (χ0v) is 21.5. The van der Waals surface area contributed by atoms with E-state index < -0.39 is 53.2 Å². The third-order valence-corrected chi connectivity index (χ3v) is 5.72. The summed E-state index contributed by atoms with van der Waals surface area (Å²) in [6.45, 7) is 4.08. The summed E-state index contributed by atoms with van der Waals surface area (Å²) in [7, 11) is 0.